The van der Waals surface area contributed by atoms with E-state index >= 15 is 0 Å². The van der Waals surface area contributed by atoms with Crippen LogP contribution in [0, 0.1) is 0 Å². The van der Waals surface area contributed by atoms with Gasteiger partial charge in [0, 0.05) is 0 Å². The number of nitrogens with one attached hydrogen (secondary N) is 1. The van der Waals surface area contributed by atoms with E-state index in [0.29, 0.717) is 16.9 Å². The highest BCUT2D eigenvalue weighted by atomic mass is 16.5. The minimum absolute atomic E-state index is 0.0906. The summed E-state index contributed by atoms with van der Waals surface area (Å²) in [6.45, 7) is 9.09. The zero-order valence-corrected chi connectivity index (χ0v) is 17.4. The fourth-order valence-corrected chi connectivity index (χ4v) is 2.75. The summed E-state index contributed by atoms with van der Waals surface area (Å²) in [6, 6.07) is 7.04. The molecule has 31 heavy (non-hydrogen) atoms. The summed E-state index contributed by atoms with van der Waals surface area (Å²) in [5.74, 6) is 0.773. The van der Waals surface area contributed by atoms with Gasteiger partial charge >= 0.3 is 17.1 Å². The molecule has 1 heterocycles. The number of carbonyl (C=O) groups excluding carboxylic acids is 1. The van der Waals surface area contributed by atoms with Crippen molar-refractivity contribution in [2.45, 2.75) is 26.6 Å². The van der Waals surface area contributed by atoms with Crippen molar-refractivity contribution in [3.8, 4) is 11.5 Å². The van der Waals surface area contributed by atoms with Crippen LogP contribution in [0.2, 0.25) is 0 Å². The Morgan fingerprint density at radius 2 is 1.39 bits per heavy atom. The maximum atomic E-state index is 12.5. The van der Waals surface area contributed by atoms with E-state index in [0.717, 1.165) is 14.9 Å². The first-order valence-electron chi connectivity index (χ1n) is 9.71. The Bertz CT molecular complexity index is 1050. The minimum atomic E-state index is -0.879. The van der Waals surface area contributed by atoms with Crippen molar-refractivity contribution >= 4 is 5.91 Å². The number of rotatable bonds is 12. The summed E-state index contributed by atoms with van der Waals surface area (Å²) < 4.78 is 13.3. The topological polar surface area (TPSA) is 114 Å². The van der Waals surface area contributed by atoms with Crippen LogP contribution in [0.3, 0.4) is 0 Å². The van der Waals surface area contributed by atoms with Crippen LogP contribution in [0.5, 0.6) is 11.5 Å². The molecule has 1 N–H and O–H groups in total. The molecule has 0 aliphatic heterocycles. The molecule has 0 saturated heterocycles. The van der Waals surface area contributed by atoms with Crippen LogP contribution < -0.4 is 31.9 Å². The summed E-state index contributed by atoms with van der Waals surface area (Å²) in [5.41, 5.74) is -2.54. The second-order valence-electron chi connectivity index (χ2n) is 6.34. The average molecular weight is 430 g/mol. The second kappa shape index (κ2) is 11.4. The van der Waals surface area contributed by atoms with E-state index in [1.807, 2.05) is 6.92 Å². The first kappa shape index (κ1) is 23.5. The third-order valence-electron chi connectivity index (χ3n) is 4.14. The monoisotopic (exact) mass is 430 g/mol. The zero-order chi connectivity index (χ0) is 22.8. The van der Waals surface area contributed by atoms with Crippen molar-refractivity contribution in [2.24, 2.45) is 0 Å². The first-order valence-corrected chi connectivity index (χ1v) is 9.71. The molecule has 0 fully saturated rings. The van der Waals surface area contributed by atoms with Gasteiger partial charge in [0.15, 0.2) is 0 Å². The molecule has 10 nitrogen and oxygen atoms in total. The number of aromatic nitrogens is 3. The summed E-state index contributed by atoms with van der Waals surface area (Å²) in [7, 11) is 0. The maximum Gasteiger partial charge on any atom is 0.337 e. The molecule has 0 radical (unpaired) electrons. The van der Waals surface area contributed by atoms with E-state index in [1.54, 1.807) is 24.3 Å². The van der Waals surface area contributed by atoms with E-state index in [1.165, 1.54) is 12.2 Å². The van der Waals surface area contributed by atoms with Crippen LogP contribution in [-0.2, 0) is 24.4 Å². The van der Waals surface area contributed by atoms with Crippen LogP contribution >= 0.6 is 0 Å². The summed E-state index contributed by atoms with van der Waals surface area (Å²) in [4.78, 5) is 49.6. The van der Waals surface area contributed by atoms with Gasteiger partial charge in [0.05, 0.1) is 26.2 Å². The number of allylic oxidation sites excluding steroid dienone is 2. The predicted octanol–water partition coefficient (Wildman–Crippen LogP) is 0.138. The quantitative estimate of drug-likeness (QED) is 0.379. The lowest BCUT2D eigenvalue weighted by atomic mass is 10.3. The molecular formula is C21H26N4O6. The van der Waals surface area contributed by atoms with Gasteiger partial charge < -0.3 is 14.8 Å². The Balaban J connectivity index is 2.02. The van der Waals surface area contributed by atoms with Gasteiger partial charge in [-0.25, -0.2) is 28.1 Å². The predicted molar refractivity (Wildman–Crippen MR) is 116 cm³/mol. The van der Waals surface area contributed by atoms with Crippen molar-refractivity contribution in [1.82, 2.24) is 19.0 Å². The van der Waals surface area contributed by atoms with Crippen LogP contribution in [0.15, 0.2) is 64.0 Å². The SMILES string of the molecule is C=CCn1c(=O)n(CC=C)c(=O)n(CC(=O)NCCOc2ccc(OCC)cc2)c1=O. The van der Waals surface area contributed by atoms with Crippen LogP contribution in [0.1, 0.15) is 6.92 Å². The molecular weight excluding hydrogens is 404 g/mol. The number of amides is 1. The van der Waals surface area contributed by atoms with E-state index in [-0.39, 0.29) is 26.2 Å². The maximum absolute atomic E-state index is 12.5. The lowest BCUT2D eigenvalue weighted by Crippen LogP contribution is -2.55. The summed E-state index contributed by atoms with van der Waals surface area (Å²) >= 11 is 0. The van der Waals surface area contributed by atoms with Crippen LogP contribution in [-0.4, -0.2) is 39.4 Å². The fourth-order valence-electron chi connectivity index (χ4n) is 2.75. The highest BCUT2D eigenvalue weighted by molar-refractivity contribution is 5.75. The van der Waals surface area contributed by atoms with E-state index in [9.17, 15) is 19.2 Å². The Hall–Kier alpha value is -3.82. The minimum Gasteiger partial charge on any atom is -0.494 e. The first-order chi connectivity index (χ1) is 14.9. The molecule has 0 bridgehead atoms. The van der Waals surface area contributed by atoms with Gasteiger partial charge in [0.1, 0.15) is 24.7 Å². The molecule has 10 heteroatoms. The molecule has 166 valence electrons. The van der Waals surface area contributed by atoms with Crippen molar-refractivity contribution in [3.05, 3.63) is 81.0 Å². The Morgan fingerprint density at radius 1 is 0.903 bits per heavy atom. The molecule has 0 spiro atoms. The number of ether oxygens (including phenoxy) is 2. The highest BCUT2D eigenvalue weighted by Crippen LogP contribution is 2.17. The summed E-state index contributed by atoms with van der Waals surface area (Å²) in [6.07, 6.45) is 2.71. The number of nitrogens with zero attached hydrogens (tertiary/aromatic N) is 3. The van der Waals surface area contributed by atoms with Gasteiger partial charge in [0.25, 0.3) is 0 Å². The number of benzene rings is 1. The molecule has 0 aliphatic carbocycles. The number of carbonyl (C=O) groups is 1. The van der Waals surface area contributed by atoms with Crippen LogP contribution in [0.4, 0.5) is 0 Å². The van der Waals surface area contributed by atoms with Gasteiger partial charge in [-0.1, -0.05) is 12.2 Å². The van der Waals surface area contributed by atoms with E-state index < -0.39 is 29.5 Å². The standard InChI is InChI=1S/C21H26N4O6/c1-4-12-23-19(27)24(13-5-2)21(29)25(20(23)28)15-18(26)22-11-14-31-17-9-7-16(8-10-17)30-6-3/h4-5,7-10H,1-2,6,11-15H2,3H3,(H,22,26). The van der Waals surface area contributed by atoms with Crippen molar-refractivity contribution < 1.29 is 14.3 Å². The molecule has 0 atom stereocenters. The molecule has 0 aliphatic rings. The Kier molecular flexibility index (Phi) is 8.62. The van der Waals surface area contributed by atoms with Gasteiger partial charge in [-0.15, -0.1) is 13.2 Å². The highest BCUT2D eigenvalue weighted by Gasteiger charge is 2.16. The molecule has 2 rings (SSSR count). The molecule has 1 aromatic carbocycles. The van der Waals surface area contributed by atoms with Gasteiger partial charge in [0.2, 0.25) is 5.91 Å². The molecule has 1 amide bonds. The molecule has 2 aromatic rings. The van der Waals surface area contributed by atoms with E-state index in [4.69, 9.17) is 9.47 Å². The fraction of sp³-hybridized carbons (Fsp3) is 0.333. The molecule has 0 unspecified atom stereocenters. The van der Waals surface area contributed by atoms with E-state index in [2.05, 4.69) is 18.5 Å². The van der Waals surface area contributed by atoms with Crippen molar-refractivity contribution in [1.29, 1.82) is 0 Å². The smallest absolute Gasteiger partial charge is 0.337 e. The largest absolute Gasteiger partial charge is 0.494 e. The lowest BCUT2D eigenvalue weighted by molar-refractivity contribution is -0.121. The normalized spacial score (nSPS) is 10.4. The Labute approximate surface area is 178 Å². The molecule has 0 saturated carbocycles. The zero-order valence-electron chi connectivity index (χ0n) is 17.4. The van der Waals surface area contributed by atoms with Gasteiger partial charge in [-0.2, -0.15) is 0 Å². The van der Waals surface area contributed by atoms with Crippen LogP contribution in [0.25, 0.3) is 0 Å². The van der Waals surface area contributed by atoms with Crippen molar-refractivity contribution in [2.75, 3.05) is 19.8 Å². The number of hydrogen-bond acceptors (Lipinski definition) is 6. The van der Waals surface area contributed by atoms with Gasteiger partial charge in [-0.3, -0.25) is 4.79 Å². The lowest BCUT2D eigenvalue weighted by Gasteiger charge is -2.12. The second-order valence-corrected chi connectivity index (χ2v) is 6.34. The van der Waals surface area contributed by atoms with Crippen molar-refractivity contribution in [3.63, 3.8) is 0 Å². The summed E-state index contributed by atoms with van der Waals surface area (Å²) in [5, 5.41) is 2.58. The molecule has 1 aromatic heterocycles. The third kappa shape index (κ3) is 6.08. The third-order valence-corrected chi connectivity index (χ3v) is 4.14. The van der Waals surface area contributed by atoms with Gasteiger partial charge in [-0.05, 0) is 31.2 Å². The average Bonchev–Trinajstić information content (AvgIpc) is 2.76. The number of hydrogen-bond donors (Lipinski definition) is 1. The Morgan fingerprint density at radius 3 is 1.87 bits per heavy atom.